The third-order valence-corrected chi connectivity index (χ3v) is 4.13. The largest absolute Gasteiger partial charge is 0.314 e. The Balaban J connectivity index is 1.64. The first-order valence-electron chi connectivity index (χ1n) is 6.72. The van der Waals surface area contributed by atoms with E-state index in [2.05, 4.69) is 51.4 Å². The number of rotatable bonds is 6. The summed E-state index contributed by atoms with van der Waals surface area (Å²) < 4.78 is 1.19. The zero-order chi connectivity index (χ0) is 12.8. The van der Waals surface area contributed by atoms with Crippen LogP contribution in [0.1, 0.15) is 43.6 Å². The van der Waals surface area contributed by atoms with E-state index in [1.165, 1.54) is 29.3 Å². The van der Waals surface area contributed by atoms with Crippen molar-refractivity contribution in [2.45, 2.75) is 44.1 Å². The molecule has 2 heteroatoms. The van der Waals surface area contributed by atoms with Crippen molar-refractivity contribution in [3.8, 4) is 12.3 Å². The van der Waals surface area contributed by atoms with E-state index in [0.717, 1.165) is 25.3 Å². The first kappa shape index (κ1) is 13.6. The van der Waals surface area contributed by atoms with Crippen LogP contribution in [-0.2, 0) is 0 Å². The second-order valence-electron chi connectivity index (χ2n) is 5.04. The number of nitrogens with one attached hydrogen (secondary N) is 1. The molecule has 1 aliphatic carbocycles. The monoisotopic (exact) mass is 305 g/mol. The second-order valence-corrected chi connectivity index (χ2v) is 5.95. The Hall–Kier alpha value is -0.780. The molecule has 1 aromatic carbocycles. The van der Waals surface area contributed by atoms with Crippen LogP contribution in [0.3, 0.4) is 0 Å². The molecule has 1 fully saturated rings. The lowest BCUT2D eigenvalue weighted by molar-refractivity contribution is 0.290. The van der Waals surface area contributed by atoms with Crippen LogP contribution < -0.4 is 5.32 Å². The van der Waals surface area contributed by atoms with Gasteiger partial charge in [0.2, 0.25) is 0 Å². The van der Waals surface area contributed by atoms with Gasteiger partial charge in [0.1, 0.15) is 0 Å². The molecule has 1 nitrogen and oxygen atoms in total. The van der Waals surface area contributed by atoms with E-state index in [4.69, 9.17) is 6.42 Å². The Morgan fingerprint density at radius 2 is 2.17 bits per heavy atom. The number of hydrogen-bond donors (Lipinski definition) is 1. The van der Waals surface area contributed by atoms with Gasteiger partial charge in [0.15, 0.2) is 0 Å². The van der Waals surface area contributed by atoms with Crippen LogP contribution in [0.5, 0.6) is 0 Å². The lowest BCUT2D eigenvalue weighted by Crippen LogP contribution is -2.40. The zero-order valence-corrected chi connectivity index (χ0v) is 12.2. The molecule has 1 aliphatic rings. The number of halogens is 1. The topological polar surface area (TPSA) is 12.0 Å². The summed E-state index contributed by atoms with van der Waals surface area (Å²) in [5.74, 6) is 3.43. The fourth-order valence-corrected chi connectivity index (χ4v) is 2.89. The van der Waals surface area contributed by atoms with E-state index in [1.807, 2.05) is 0 Å². The summed E-state index contributed by atoms with van der Waals surface area (Å²) in [6.45, 7) is 1.11. The Morgan fingerprint density at radius 3 is 2.89 bits per heavy atom. The quantitative estimate of drug-likeness (QED) is 0.616. The maximum Gasteiger partial charge on any atom is 0.0178 e. The van der Waals surface area contributed by atoms with Gasteiger partial charge in [-0.2, -0.15) is 0 Å². The van der Waals surface area contributed by atoms with E-state index in [0.29, 0.717) is 6.04 Å². The van der Waals surface area contributed by atoms with Crippen molar-refractivity contribution in [1.82, 2.24) is 5.32 Å². The van der Waals surface area contributed by atoms with Crippen LogP contribution in [0.25, 0.3) is 0 Å². The van der Waals surface area contributed by atoms with Gasteiger partial charge >= 0.3 is 0 Å². The summed E-state index contributed by atoms with van der Waals surface area (Å²) in [5, 5.41) is 3.61. The van der Waals surface area contributed by atoms with Gasteiger partial charge in [-0.05, 0) is 55.8 Å². The van der Waals surface area contributed by atoms with Crippen molar-refractivity contribution in [3.63, 3.8) is 0 Å². The first-order valence-corrected chi connectivity index (χ1v) is 7.51. The lowest BCUT2D eigenvalue weighted by atomic mass is 9.76. The van der Waals surface area contributed by atoms with Gasteiger partial charge in [-0.1, -0.05) is 28.1 Å². The van der Waals surface area contributed by atoms with Crippen LogP contribution in [0.2, 0.25) is 0 Å². The molecule has 0 saturated heterocycles. The summed E-state index contributed by atoms with van der Waals surface area (Å²) in [6.07, 6.45) is 11.0. The smallest absolute Gasteiger partial charge is 0.0178 e. The summed E-state index contributed by atoms with van der Waals surface area (Å²) in [6, 6.07) is 9.40. The van der Waals surface area contributed by atoms with Crippen molar-refractivity contribution >= 4 is 15.9 Å². The highest BCUT2D eigenvalue weighted by molar-refractivity contribution is 9.10. The molecule has 1 N–H and O–H groups in total. The molecule has 0 amide bonds. The van der Waals surface area contributed by atoms with Gasteiger partial charge in [-0.3, -0.25) is 0 Å². The van der Waals surface area contributed by atoms with Gasteiger partial charge in [-0.15, -0.1) is 12.3 Å². The molecule has 0 bridgehead atoms. The fraction of sp³-hybridized carbons (Fsp3) is 0.500. The predicted molar refractivity (Wildman–Crippen MR) is 80.6 cm³/mol. The summed E-state index contributed by atoms with van der Waals surface area (Å²) in [4.78, 5) is 0. The predicted octanol–water partition coefficient (Wildman–Crippen LogP) is 4.09. The standard InChI is InChI=1S/C16H20BrN/c1-2-3-4-5-9-18-16-11-14(12-16)13-7-6-8-15(17)10-13/h1,6-8,10,14,16,18H,3-5,9,11-12H2. The molecule has 18 heavy (non-hydrogen) atoms. The van der Waals surface area contributed by atoms with E-state index in [9.17, 15) is 0 Å². The summed E-state index contributed by atoms with van der Waals surface area (Å²) >= 11 is 3.53. The highest BCUT2D eigenvalue weighted by atomic mass is 79.9. The average molecular weight is 306 g/mol. The molecule has 0 radical (unpaired) electrons. The molecule has 0 unspecified atom stereocenters. The minimum atomic E-state index is 0.708. The molecular weight excluding hydrogens is 286 g/mol. The minimum absolute atomic E-state index is 0.708. The molecular formula is C16H20BrN. The van der Waals surface area contributed by atoms with Crippen LogP contribution in [0.15, 0.2) is 28.7 Å². The van der Waals surface area contributed by atoms with Crippen LogP contribution >= 0.6 is 15.9 Å². The highest BCUT2D eigenvalue weighted by Gasteiger charge is 2.29. The van der Waals surface area contributed by atoms with Crippen molar-refractivity contribution in [1.29, 1.82) is 0 Å². The molecule has 1 saturated carbocycles. The molecule has 96 valence electrons. The maximum absolute atomic E-state index is 5.23. The number of terminal acetylenes is 1. The minimum Gasteiger partial charge on any atom is -0.314 e. The van der Waals surface area contributed by atoms with Gasteiger partial charge in [0, 0.05) is 16.9 Å². The molecule has 0 aliphatic heterocycles. The molecule has 0 atom stereocenters. The van der Waals surface area contributed by atoms with Crippen molar-refractivity contribution in [3.05, 3.63) is 34.3 Å². The average Bonchev–Trinajstić information content (AvgIpc) is 2.31. The van der Waals surface area contributed by atoms with Crippen molar-refractivity contribution in [2.75, 3.05) is 6.54 Å². The fourth-order valence-electron chi connectivity index (χ4n) is 2.48. The molecule has 0 aromatic heterocycles. The van der Waals surface area contributed by atoms with Crippen molar-refractivity contribution in [2.24, 2.45) is 0 Å². The molecule has 0 spiro atoms. The zero-order valence-electron chi connectivity index (χ0n) is 10.7. The molecule has 0 heterocycles. The van der Waals surface area contributed by atoms with E-state index in [1.54, 1.807) is 0 Å². The van der Waals surface area contributed by atoms with Gasteiger partial charge in [0.05, 0.1) is 0 Å². The molecule has 2 rings (SSSR count). The normalized spacial score (nSPS) is 22.2. The summed E-state index contributed by atoms with van der Waals surface area (Å²) in [7, 11) is 0. The van der Waals surface area contributed by atoms with E-state index >= 15 is 0 Å². The van der Waals surface area contributed by atoms with Crippen LogP contribution in [0, 0.1) is 12.3 Å². The Bertz CT molecular complexity index is 415. The Labute approximate surface area is 118 Å². The highest BCUT2D eigenvalue weighted by Crippen LogP contribution is 2.37. The Kier molecular flexibility index (Phi) is 5.28. The summed E-state index contributed by atoms with van der Waals surface area (Å²) in [5.41, 5.74) is 1.47. The second kappa shape index (κ2) is 6.97. The van der Waals surface area contributed by atoms with Gasteiger partial charge in [0.25, 0.3) is 0 Å². The third kappa shape index (κ3) is 3.86. The van der Waals surface area contributed by atoms with E-state index < -0.39 is 0 Å². The van der Waals surface area contributed by atoms with Gasteiger partial charge in [-0.25, -0.2) is 0 Å². The Morgan fingerprint density at radius 1 is 1.33 bits per heavy atom. The third-order valence-electron chi connectivity index (χ3n) is 3.64. The number of benzene rings is 1. The number of hydrogen-bond acceptors (Lipinski definition) is 1. The maximum atomic E-state index is 5.23. The van der Waals surface area contributed by atoms with Gasteiger partial charge < -0.3 is 5.32 Å². The SMILES string of the molecule is C#CCCCCNC1CC(c2cccc(Br)c2)C1. The number of unbranched alkanes of at least 4 members (excludes halogenated alkanes) is 2. The van der Waals surface area contributed by atoms with Crippen LogP contribution in [0.4, 0.5) is 0 Å². The van der Waals surface area contributed by atoms with Crippen molar-refractivity contribution < 1.29 is 0 Å². The lowest BCUT2D eigenvalue weighted by Gasteiger charge is -2.36. The molecule has 1 aromatic rings. The van der Waals surface area contributed by atoms with E-state index in [-0.39, 0.29) is 0 Å². The van der Waals surface area contributed by atoms with Crippen LogP contribution in [-0.4, -0.2) is 12.6 Å². The first-order chi connectivity index (χ1) is 8.79.